The molecule has 1 fully saturated rings. The first-order chi connectivity index (χ1) is 11.7. The van der Waals surface area contributed by atoms with Crippen molar-refractivity contribution in [3.8, 4) is 0 Å². The van der Waals surface area contributed by atoms with Gasteiger partial charge in [0, 0.05) is 39.1 Å². The molecule has 0 radical (unpaired) electrons. The molecule has 5 nitrogen and oxygen atoms in total. The minimum Gasteiger partial charge on any atom is -0.341 e. The highest BCUT2D eigenvalue weighted by atomic mass is 19.4. The third kappa shape index (κ3) is 4.87. The highest BCUT2D eigenvalue weighted by Crippen LogP contribution is 2.29. The topological polar surface area (TPSA) is 52.7 Å². The van der Waals surface area contributed by atoms with Crippen molar-refractivity contribution in [2.45, 2.75) is 19.5 Å². The predicted molar refractivity (Wildman–Crippen MR) is 86.9 cm³/mol. The van der Waals surface area contributed by atoms with Crippen LogP contribution in [0.4, 0.5) is 18.0 Å². The van der Waals surface area contributed by atoms with Gasteiger partial charge in [0.15, 0.2) is 0 Å². The van der Waals surface area contributed by atoms with E-state index in [4.69, 9.17) is 0 Å². The second-order valence-corrected chi connectivity index (χ2v) is 6.17. The van der Waals surface area contributed by atoms with Crippen LogP contribution in [0, 0.1) is 5.92 Å². The largest absolute Gasteiger partial charge is 0.416 e. The SMILES string of the molecule is CNC(=O)N1CCN(C(=O)C(C)Cc2ccc(C(F)(F)F)cc2)CC1. The second-order valence-electron chi connectivity index (χ2n) is 6.17. The molecule has 1 unspecified atom stereocenters. The van der Waals surface area contributed by atoms with E-state index in [0.29, 0.717) is 38.2 Å². The zero-order valence-corrected chi connectivity index (χ0v) is 14.3. The Morgan fingerprint density at radius 1 is 1.08 bits per heavy atom. The monoisotopic (exact) mass is 357 g/mol. The molecular formula is C17H22F3N3O2. The van der Waals surface area contributed by atoms with Crippen LogP contribution in [0.1, 0.15) is 18.1 Å². The van der Waals surface area contributed by atoms with Crippen molar-refractivity contribution in [3.05, 3.63) is 35.4 Å². The smallest absolute Gasteiger partial charge is 0.341 e. The Balaban J connectivity index is 1.89. The predicted octanol–water partition coefficient (Wildman–Crippen LogP) is 2.37. The van der Waals surface area contributed by atoms with Crippen LogP contribution >= 0.6 is 0 Å². The van der Waals surface area contributed by atoms with Crippen molar-refractivity contribution in [3.63, 3.8) is 0 Å². The van der Waals surface area contributed by atoms with Gasteiger partial charge in [0.1, 0.15) is 0 Å². The molecule has 1 aliphatic rings. The molecule has 2 rings (SSSR count). The summed E-state index contributed by atoms with van der Waals surface area (Å²) in [6.07, 6.45) is -3.98. The lowest BCUT2D eigenvalue weighted by molar-refractivity contribution is -0.138. The van der Waals surface area contributed by atoms with E-state index in [2.05, 4.69) is 5.32 Å². The third-order valence-corrected chi connectivity index (χ3v) is 4.34. The number of nitrogens with one attached hydrogen (secondary N) is 1. The average Bonchev–Trinajstić information content (AvgIpc) is 2.60. The molecule has 25 heavy (non-hydrogen) atoms. The maximum absolute atomic E-state index is 12.6. The maximum Gasteiger partial charge on any atom is 0.416 e. The number of nitrogens with zero attached hydrogens (tertiary/aromatic N) is 2. The standard InChI is InChI=1S/C17H22F3N3O2/c1-12(11-13-3-5-14(6-4-13)17(18,19)20)15(24)22-7-9-23(10-8-22)16(25)21-2/h3-6,12H,7-11H2,1-2H3,(H,21,25). The van der Waals surface area contributed by atoms with Crippen molar-refractivity contribution in [2.24, 2.45) is 5.92 Å². The number of halogens is 3. The molecule has 0 spiro atoms. The molecule has 1 heterocycles. The summed E-state index contributed by atoms with van der Waals surface area (Å²) in [7, 11) is 1.56. The zero-order chi connectivity index (χ0) is 18.6. The Morgan fingerprint density at radius 3 is 2.08 bits per heavy atom. The van der Waals surface area contributed by atoms with Crippen LogP contribution in [0.25, 0.3) is 0 Å². The molecule has 0 bridgehead atoms. The molecule has 138 valence electrons. The lowest BCUT2D eigenvalue weighted by atomic mass is 9.98. The highest BCUT2D eigenvalue weighted by molar-refractivity contribution is 5.79. The summed E-state index contributed by atoms with van der Waals surface area (Å²) in [5.41, 5.74) is -0.00148. The van der Waals surface area contributed by atoms with Gasteiger partial charge >= 0.3 is 12.2 Å². The number of hydrogen-bond donors (Lipinski definition) is 1. The summed E-state index contributed by atoms with van der Waals surface area (Å²) in [4.78, 5) is 27.4. The van der Waals surface area contributed by atoms with Crippen molar-refractivity contribution in [1.29, 1.82) is 0 Å². The van der Waals surface area contributed by atoms with Gasteiger partial charge in [-0.05, 0) is 24.1 Å². The van der Waals surface area contributed by atoms with Gasteiger partial charge in [0.2, 0.25) is 5.91 Å². The molecule has 0 aliphatic carbocycles. The summed E-state index contributed by atoms with van der Waals surface area (Å²) in [5.74, 6) is -0.375. The Kier molecular flexibility index (Phi) is 5.92. The molecule has 0 saturated carbocycles. The molecule has 1 N–H and O–H groups in total. The van der Waals surface area contributed by atoms with Crippen molar-refractivity contribution in [2.75, 3.05) is 33.2 Å². The van der Waals surface area contributed by atoms with E-state index < -0.39 is 11.7 Å². The van der Waals surface area contributed by atoms with Crippen molar-refractivity contribution in [1.82, 2.24) is 15.1 Å². The van der Waals surface area contributed by atoms with Crippen molar-refractivity contribution < 1.29 is 22.8 Å². The number of urea groups is 1. The number of rotatable bonds is 3. The van der Waals surface area contributed by atoms with Crippen LogP contribution in [0.15, 0.2) is 24.3 Å². The summed E-state index contributed by atoms with van der Waals surface area (Å²) < 4.78 is 37.7. The molecular weight excluding hydrogens is 335 g/mol. The molecule has 1 aromatic rings. The molecule has 1 aliphatic heterocycles. The highest BCUT2D eigenvalue weighted by Gasteiger charge is 2.30. The lowest BCUT2D eigenvalue weighted by Gasteiger charge is -2.35. The first-order valence-corrected chi connectivity index (χ1v) is 8.14. The van der Waals surface area contributed by atoms with Crippen LogP contribution < -0.4 is 5.32 Å². The number of benzene rings is 1. The molecule has 1 aromatic carbocycles. The Bertz CT molecular complexity index is 609. The van der Waals surface area contributed by atoms with Gasteiger partial charge in [0.05, 0.1) is 5.56 Å². The van der Waals surface area contributed by atoms with Gasteiger partial charge in [-0.2, -0.15) is 13.2 Å². The molecule has 1 saturated heterocycles. The van der Waals surface area contributed by atoms with Gasteiger partial charge in [-0.1, -0.05) is 19.1 Å². The van der Waals surface area contributed by atoms with Crippen LogP contribution in [0.2, 0.25) is 0 Å². The minimum absolute atomic E-state index is 0.0449. The van der Waals surface area contributed by atoms with Gasteiger partial charge < -0.3 is 15.1 Å². The maximum atomic E-state index is 12.6. The van der Waals surface area contributed by atoms with Crippen LogP contribution in [0.3, 0.4) is 0 Å². The number of piperazine rings is 1. The van der Waals surface area contributed by atoms with Crippen LogP contribution in [-0.2, 0) is 17.4 Å². The normalized spacial score (nSPS) is 16.5. The van der Waals surface area contributed by atoms with E-state index in [1.165, 1.54) is 12.1 Å². The molecule has 8 heteroatoms. The Morgan fingerprint density at radius 2 is 1.60 bits per heavy atom. The zero-order valence-electron chi connectivity index (χ0n) is 14.3. The number of hydrogen-bond acceptors (Lipinski definition) is 2. The molecule has 3 amide bonds. The first-order valence-electron chi connectivity index (χ1n) is 8.14. The van der Waals surface area contributed by atoms with E-state index in [9.17, 15) is 22.8 Å². The van der Waals surface area contributed by atoms with E-state index in [1.807, 2.05) is 0 Å². The second kappa shape index (κ2) is 7.76. The molecule has 0 aromatic heterocycles. The fourth-order valence-corrected chi connectivity index (χ4v) is 2.87. The third-order valence-electron chi connectivity index (χ3n) is 4.34. The van der Waals surface area contributed by atoms with Crippen LogP contribution in [-0.4, -0.2) is 55.0 Å². The first kappa shape index (κ1) is 19.1. The van der Waals surface area contributed by atoms with E-state index in [-0.39, 0.29) is 17.9 Å². The van der Waals surface area contributed by atoms with Gasteiger partial charge in [-0.3, -0.25) is 4.79 Å². The van der Waals surface area contributed by atoms with Crippen molar-refractivity contribution >= 4 is 11.9 Å². The van der Waals surface area contributed by atoms with Crippen LogP contribution in [0.5, 0.6) is 0 Å². The summed E-state index contributed by atoms with van der Waals surface area (Å²) in [6, 6.07) is 4.74. The number of carbonyl (C=O) groups excluding carboxylic acids is 2. The Labute approximate surface area is 144 Å². The minimum atomic E-state index is -4.36. The number of carbonyl (C=O) groups is 2. The lowest BCUT2D eigenvalue weighted by Crippen LogP contribution is -2.53. The average molecular weight is 357 g/mol. The Hall–Kier alpha value is -2.25. The van der Waals surface area contributed by atoms with E-state index >= 15 is 0 Å². The summed E-state index contributed by atoms with van der Waals surface area (Å²) >= 11 is 0. The molecule has 1 atom stereocenters. The van der Waals surface area contributed by atoms with Gasteiger partial charge in [-0.15, -0.1) is 0 Å². The summed E-state index contributed by atoms with van der Waals surface area (Å²) in [5, 5.41) is 2.55. The number of alkyl halides is 3. The fraction of sp³-hybridized carbons (Fsp3) is 0.529. The number of amides is 3. The quantitative estimate of drug-likeness (QED) is 0.903. The van der Waals surface area contributed by atoms with Gasteiger partial charge in [-0.25, -0.2) is 4.79 Å². The van der Waals surface area contributed by atoms with E-state index in [1.54, 1.807) is 23.8 Å². The summed E-state index contributed by atoms with van der Waals surface area (Å²) in [6.45, 7) is 3.63. The van der Waals surface area contributed by atoms with Gasteiger partial charge in [0.25, 0.3) is 0 Å². The fourth-order valence-electron chi connectivity index (χ4n) is 2.87. The van der Waals surface area contributed by atoms with E-state index in [0.717, 1.165) is 12.1 Å².